The van der Waals surface area contributed by atoms with Gasteiger partial charge in [0, 0.05) is 31.5 Å². The van der Waals surface area contributed by atoms with Gasteiger partial charge in [0.25, 0.3) is 5.91 Å². The molecule has 1 aromatic carbocycles. The van der Waals surface area contributed by atoms with Gasteiger partial charge in [-0.2, -0.15) is 0 Å². The number of anilines is 3. The molecule has 7 nitrogen and oxygen atoms in total. The molecule has 1 saturated heterocycles. The summed E-state index contributed by atoms with van der Waals surface area (Å²) in [7, 11) is 1.55. The third-order valence-corrected chi connectivity index (χ3v) is 4.99. The summed E-state index contributed by atoms with van der Waals surface area (Å²) in [6.07, 6.45) is 5.61. The molecule has 7 heteroatoms. The molecule has 0 saturated carbocycles. The predicted molar refractivity (Wildman–Crippen MR) is 115 cm³/mol. The lowest BCUT2D eigenvalue weighted by atomic mass is 10.1. The van der Waals surface area contributed by atoms with E-state index in [2.05, 4.69) is 20.5 Å². The van der Waals surface area contributed by atoms with Crippen LogP contribution in [0.25, 0.3) is 0 Å². The van der Waals surface area contributed by atoms with Crippen molar-refractivity contribution < 1.29 is 14.3 Å². The quantitative estimate of drug-likeness (QED) is 0.747. The Morgan fingerprint density at radius 2 is 1.90 bits per heavy atom. The number of aryl methyl sites for hydroxylation is 1. The molecular formula is C22H28N4O3. The highest BCUT2D eigenvalue weighted by Crippen LogP contribution is 2.21. The Labute approximate surface area is 171 Å². The average molecular weight is 396 g/mol. The van der Waals surface area contributed by atoms with Crippen LogP contribution in [0.4, 0.5) is 17.2 Å². The van der Waals surface area contributed by atoms with Crippen LogP contribution in [-0.2, 0) is 9.53 Å². The van der Waals surface area contributed by atoms with Crippen LogP contribution < -0.4 is 15.5 Å². The number of hydrogen-bond donors (Lipinski definition) is 2. The van der Waals surface area contributed by atoms with Gasteiger partial charge in [-0.05, 0) is 56.0 Å². The first-order chi connectivity index (χ1) is 14.1. The van der Waals surface area contributed by atoms with Crippen LogP contribution in [0.3, 0.4) is 0 Å². The predicted octanol–water partition coefficient (Wildman–Crippen LogP) is 3.61. The Kier molecular flexibility index (Phi) is 7.19. The molecule has 3 rings (SSSR count). The minimum atomic E-state index is -0.245. The summed E-state index contributed by atoms with van der Waals surface area (Å²) in [4.78, 5) is 31.4. The molecular weight excluding hydrogens is 368 g/mol. The van der Waals surface area contributed by atoms with Gasteiger partial charge < -0.3 is 20.3 Å². The highest BCUT2D eigenvalue weighted by atomic mass is 16.5. The number of aromatic nitrogens is 1. The first-order valence-electron chi connectivity index (χ1n) is 9.98. The molecule has 0 bridgehead atoms. The van der Waals surface area contributed by atoms with Gasteiger partial charge in [-0.1, -0.05) is 6.07 Å². The Bertz CT molecular complexity index is 846. The normalized spacial score (nSPS) is 13.8. The molecule has 2 N–H and O–H groups in total. The van der Waals surface area contributed by atoms with Gasteiger partial charge in [-0.15, -0.1) is 0 Å². The van der Waals surface area contributed by atoms with Crippen LogP contribution in [-0.4, -0.2) is 43.6 Å². The van der Waals surface area contributed by atoms with E-state index in [9.17, 15) is 9.59 Å². The number of amides is 2. The van der Waals surface area contributed by atoms with Crippen molar-refractivity contribution in [2.45, 2.75) is 32.6 Å². The van der Waals surface area contributed by atoms with E-state index < -0.39 is 0 Å². The molecule has 0 radical (unpaired) electrons. The number of rotatable bonds is 7. The fourth-order valence-corrected chi connectivity index (χ4v) is 3.28. The molecule has 1 fully saturated rings. The van der Waals surface area contributed by atoms with E-state index in [1.807, 2.05) is 25.1 Å². The summed E-state index contributed by atoms with van der Waals surface area (Å²) in [5.74, 6) is 0.550. The first kappa shape index (κ1) is 20.8. The van der Waals surface area contributed by atoms with Gasteiger partial charge in [-0.25, -0.2) is 4.98 Å². The van der Waals surface area contributed by atoms with Crippen LogP contribution >= 0.6 is 0 Å². The number of piperidine rings is 1. The SMILES string of the molecule is COCCC(=O)Nc1cc(C(=O)Nc2ccc(N3CCCCC3)nc2)ccc1C. The summed E-state index contributed by atoms with van der Waals surface area (Å²) < 4.78 is 4.92. The number of carbonyl (C=O) groups is 2. The van der Waals surface area contributed by atoms with Crippen LogP contribution in [0.5, 0.6) is 0 Å². The van der Waals surface area contributed by atoms with Crippen molar-refractivity contribution in [1.82, 2.24) is 4.98 Å². The topological polar surface area (TPSA) is 83.6 Å². The maximum atomic E-state index is 12.6. The number of pyridine rings is 1. The zero-order valence-corrected chi connectivity index (χ0v) is 17.0. The summed E-state index contributed by atoms with van der Waals surface area (Å²) in [6, 6.07) is 9.06. The molecule has 0 aliphatic carbocycles. The van der Waals surface area contributed by atoms with E-state index in [1.165, 1.54) is 19.3 Å². The van der Waals surface area contributed by atoms with Gasteiger partial charge in [0.15, 0.2) is 0 Å². The number of nitrogens with one attached hydrogen (secondary N) is 2. The summed E-state index contributed by atoms with van der Waals surface area (Å²) >= 11 is 0. The van der Waals surface area contributed by atoms with Gasteiger partial charge in [0.05, 0.1) is 24.9 Å². The number of methoxy groups -OCH3 is 1. The van der Waals surface area contributed by atoms with E-state index >= 15 is 0 Å². The second kappa shape index (κ2) is 10.0. The van der Waals surface area contributed by atoms with Crippen molar-refractivity contribution in [3.63, 3.8) is 0 Å². The highest BCUT2D eigenvalue weighted by Gasteiger charge is 2.13. The zero-order valence-electron chi connectivity index (χ0n) is 17.0. The first-order valence-corrected chi connectivity index (χ1v) is 9.98. The lowest BCUT2D eigenvalue weighted by molar-refractivity contribution is -0.117. The van der Waals surface area contributed by atoms with Gasteiger partial charge >= 0.3 is 0 Å². The zero-order chi connectivity index (χ0) is 20.6. The minimum Gasteiger partial charge on any atom is -0.384 e. The summed E-state index contributed by atoms with van der Waals surface area (Å²) in [5.41, 5.74) is 2.62. The third kappa shape index (κ3) is 5.77. The Balaban J connectivity index is 1.64. The lowest BCUT2D eigenvalue weighted by Gasteiger charge is -2.27. The van der Waals surface area contributed by atoms with Gasteiger partial charge in [0.2, 0.25) is 5.91 Å². The molecule has 2 aromatic rings. The second-order valence-corrected chi connectivity index (χ2v) is 7.23. The van der Waals surface area contributed by atoms with Crippen LogP contribution in [0.15, 0.2) is 36.5 Å². The van der Waals surface area contributed by atoms with E-state index in [1.54, 1.807) is 25.4 Å². The highest BCUT2D eigenvalue weighted by molar-refractivity contribution is 6.05. The number of ether oxygens (including phenoxy) is 1. The second-order valence-electron chi connectivity index (χ2n) is 7.23. The number of carbonyl (C=O) groups excluding carboxylic acids is 2. The van der Waals surface area contributed by atoms with E-state index in [4.69, 9.17) is 4.74 Å². The standard InChI is InChI=1S/C22H28N4O3/c1-16-6-7-17(14-19(16)25-21(27)10-13-29-2)22(28)24-18-8-9-20(23-15-18)26-11-4-3-5-12-26/h6-9,14-15H,3-5,10-13H2,1-2H3,(H,24,28)(H,25,27). The maximum absolute atomic E-state index is 12.6. The average Bonchev–Trinajstić information content (AvgIpc) is 2.75. The van der Waals surface area contributed by atoms with Crippen molar-refractivity contribution in [2.75, 3.05) is 42.3 Å². The third-order valence-electron chi connectivity index (χ3n) is 4.99. The summed E-state index contributed by atoms with van der Waals surface area (Å²) in [5, 5.41) is 5.70. The fourth-order valence-electron chi connectivity index (χ4n) is 3.28. The molecule has 0 atom stereocenters. The van der Waals surface area contributed by atoms with Gasteiger partial charge in [0.1, 0.15) is 5.82 Å². The van der Waals surface area contributed by atoms with Crippen molar-refractivity contribution >= 4 is 29.0 Å². The Morgan fingerprint density at radius 3 is 2.59 bits per heavy atom. The van der Waals surface area contributed by atoms with Crippen molar-refractivity contribution in [1.29, 1.82) is 0 Å². The van der Waals surface area contributed by atoms with E-state index in [-0.39, 0.29) is 18.2 Å². The number of nitrogens with zero attached hydrogens (tertiary/aromatic N) is 2. The molecule has 1 aliphatic heterocycles. The lowest BCUT2D eigenvalue weighted by Crippen LogP contribution is -2.30. The number of benzene rings is 1. The van der Waals surface area contributed by atoms with Crippen molar-refractivity contribution in [3.05, 3.63) is 47.7 Å². The molecule has 154 valence electrons. The Morgan fingerprint density at radius 1 is 1.10 bits per heavy atom. The van der Waals surface area contributed by atoms with Crippen LogP contribution in [0.1, 0.15) is 41.6 Å². The molecule has 29 heavy (non-hydrogen) atoms. The van der Waals surface area contributed by atoms with E-state index in [0.29, 0.717) is 23.5 Å². The molecule has 2 amide bonds. The molecule has 1 aliphatic rings. The molecule has 0 unspecified atom stereocenters. The van der Waals surface area contributed by atoms with Crippen LogP contribution in [0.2, 0.25) is 0 Å². The van der Waals surface area contributed by atoms with Crippen molar-refractivity contribution in [3.8, 4) is 0 Å². The fraction of sp³-hybridized carbons (Fsp3) is 0.409. The minimum absolute atomic E-state index is 0.148. The Hall–Kier alpha value is -2.93. The maximum Gasteiger partial charge on any atom is 0.255 e. The monoisotopic (exact) mass is 396 g/mol. The van der Waals surface area contributed by atoms with E-state index in [0.717, 1.165) is 24.5 Å². The smallest absolute Gasteiger partial charge is 0.255 e. The summed E-state index contributed by atoms with van der Waals surface area (Å²) in [6.45, 7) is 4.30. The van der Waals surface area contributed by atoms with Crippen LogP contribution in [0, 0.1) is 6.92 Å². The molecule has 0 spiro atoms. The van der Waals surface area contributed by atoms with Gasteiger partial charge in [-0.3, -0.25) is 9.59 Å². The number of hydrogen-bond acceptors (Lipinski definition) is 5. The largest absolute Gasteiger partial charge is 0.384 e. The van der Waals surface area contributed by atoms with Crippen molar-refractivity contribution in [2.24, 2.45) is 0 Å². The molecule has 1 aromatic heterocycles. The molecule has 2 heterocycles.